The molecule has 0 saturated heterocycles. The predicted octanol–water partition coefficient (Wildman–Crippen LogP) is 3.10. The van der Waals surface area contributed by atoms with Crippen LogP contribution in [0.3, 0.4) is 0 Å². The van der Waals surface area contributed by atoms with Crippen molar-refractivity contribution in [3.05, 3.63) is 59.2 Å². The van der Waals surface area contributed by atoms with Crippen LogP contribution in [0.5, 0.6) is 11.5 Å². The van der Waals surface area contributed by atoms with Crippen LogP contribution in [-0.4, -0.2) is 32.2 Å². The SMILES string of the molecule is COc1cc2c(cc1OC)CN(CCc1cc[c]cc1)CC2. The van der Waals surface area contributed by atoms with E-state index in [9.17, 15) is 0 Å². The van der Waals surface area contributed by atoms with Gasteiger partial charge in [-0.1, -0.05) is 24.3 Å². The lowest BCUT2D eigenvalue weighted by Gasteiger charge is -2.29. The average molecular weight is 296 g/mol. The first-order chi connectivity index (χ1) is 10.8. The van der Waals surface area contributed by atoms with Crippen LogP contribution in [0.2, 0.25) is 0 Å². The Hall–Kier alpha value is -2.00. The molecule has 0 aliphatic carbocycles. The zero-order valence-corrected chi connectivity index (χ0v) is 13.3. The van der Waals surface area contributed by atoms with Crippen LogP contribution in [0, 0.1) is 6.07 Å². The van der Waals surface area contributed by atoms with E-state index >= 15 is 0 Å². The third-order valence-corrected chi connectivity index (χ3v) is 4.30. The zero-order chi connectivity index (χ0) is 15.4. The summed E-state index contributed by atoms with van der Waals surface area (Å²) in [4.78, 5) is 2.50. The molecule has 1 radical (unpaired) electrons. The molecule has 1 heterocycles. The summed E-state index contributed by atoms with van der Waals surface area (Å²) < 4.78 is 10.8. The maximum atomic E-state index is 5.42. The van der Waals surface area contributed by atoms with Gasteiger partial charge in [0.2, 0.25) is 0 Å². The van der Waals surface area contributed by atoms with E-state index in [-0.39, 0.29) is 0 Å². The highest BCUT2D eigenvalue weighted by Gasteiger charge is 2.19. The highest BCUT2D eigenvalue weighted by atomic mass is 16.5. The molecule has 3 nitrogen and oxygen atoms in total. The van der Waals surface area contributed by atoms with Gasteiger partial charge in [0, 0.05) is 19.6 Å². The lowest BCUT2D eigenvalue weighted by Crippen LogP contribution is -2.32. The van der Waals surface area contributed by atoms with E-state index < -0.39 is 0 Å². The highest BCUT2D eigenvalue weighted by Crippen LogP contribution is 2.33. The molecule has 2 aromatic rings. The van der Waals surface area contributed by atoms with Crippen molar-refractivity contribution < 1.29 is 9.47 Å². The molecule has 0 N–H and O–H groups in total. The van der Waals surface area contributed by atoms with Gasteiger partial charge < -0.3 is 9.47 Å². The lowest BCUT2D eigenvalue weighted by molar-refractivity contribution is 0.255. The van der Waals surface area contributed by atoms with Crippen molar-refractivity contribution >= 4 is 0 Å². The van der Waals surface area contributed by atoms with Crippen molar-refractivity contribution in [2.75, 3.05) is 27.3 Å². The standard InChI is InChI=1S/C19H22NO2/c1-21-18-12-16-9-11-20(14-17(16)13-19(18)22-2)10-8-15-6-4-3-5-7-15/h4-7,12-13H,8-11,14H2,1-2H3. The van der Waals surface area contributed by atoms with Crippen molar-refractivity contribution in [1.29, 1.82) is 0 Å². The van der Waals surface area contributed by atoms with Crippen LogP contribution in [0.4, 0.5) is 0 Å². The summed E-state index contributed by atoms with van der Waals surface area (Å²) >= 11 is 0. The Kier molecular flexibility index (Phi) is 4.64. The summed E-state index contributed by atoms with van der Waals surface area (Å²) in [6.07, 6.45) is 2.15. The van der Waals surface area contributed by atoms with Crippen LogP contribution >= 0.6 is 0 Å². The number of hydrogen-bond donors (Lipinski definition) is 0. The quantitative estimate of drug-likeness (QED) is 0.846. The second-order valence-electron chi connectivity index (χ2n) is 5.66. The van der Waals surface area contributed by atoms with Crippen molar-refractivity contribution in [2.24, 2.45) is 0 Å². The molecule has 22 heavy (non-hydrogen) atoms. The lowest BCUT2D eigenvalue weighted by atomic mass is 9.98. The topological polar surface area (TPSA) is 21.7 Å². The summed E-state index contributed by atoms with van der Waals surface area (Å²) in [7, 11) is 3.38. The van der Waals surface area contributed by atoms with Crippen molar-refractivity contribution in [3.8, 4) is 11.5 Å². The first-order valence-corrected chi connectivity index (χ1v) is 7.71. The van der Waals surface area contributed by atoms with E-state index in [1.54, 1.807) is 14.2 Å². The van der Waals surface area contributed by atoms with Gasteiger partial charge in [0.15, 0.2) is 11.5 Å². The largest absolute Gasteiger partial charge is 0.493 e. The third kappa shape index (κ3) is 3.25. The molecule has 3 rings (SSSR count). The molecule has 1 aliphatic heterocycles. The minimum absolute atomic E-state index is 0.821. The Labute approximate surface area is 132 Å². The normalized spacial score (nSPS) is 14.5. The fraction of sp³-hybridized carbons (Fsp3) is 0.368. The third-order valence-electron chi connectivity index (χ3n) is 4.30. The van der Waals surface area contributed by atoms with Gasteiger partial charge in [-0.3, -0.25) is 4.90 Å². The van der Waals surface area contributed by atoms with Crippen molar-refractivity contribution in [3.63, 3.8) is 0 Å². The van der Waals surface area contributed by atoms with Crippen LogP contribution in [0.1, 0.15) is 16.7 Å². The molecule has 0 fully saturated rings. The fourth-order valence-electron chi connectivity index (χ4n) is 3.01. The molecule has 0 bridgehead atoms. The predicted molar refractivity (Wildman–Crippen MR) is 87.5 cm³/mol. The molecule has 0 atom stereocenters. The molecule has 0 aromatic heterocycles. The number of benzene rings is 2. The Bertz CT molecular complexity index is 625. The minimum Gasteiger partial charge on any atom is -0.493 e. The van der Waals surface area contributed by atoms with E-state index in [1.165, 1.54) is 16.7 Å². The Morgan fingerprint density at radius 1 is 1.05 bits per heavy atom. The van der Waals surface area contributed by atoms with E-state index in [0.717, 1.165) is 44.0 Å². The van der Waals surface area contributed by atoms with Gasteiger partial charge >= 0.3 is 0 Å². The highest BCUT2D eigenvalue weighted by molar-refractivity contribution is 5.48. The number of hydrogen-bond acceptors (Lipinski definition) is 3. The van der Waals surface area contributed by atoms with Crippen molar-refractivity contribution in [1.82, 2.24) is 4.90 Å². The van der Waals surface area contributed by atoms with E-state index in [2.05, 4.69) is 35.2 Å². The first kappa shape index (κ1) is 14.9. The summed E-state index contributed by atoms with van der Waals surface area (Å²) in [6, 6.07) is 15.6. The smallest absolute Gasteiger partial charge is 0.161 e. The van der Waals surface area contributed by atoms with Gasteiger partial charge in [0.05, 0.1) is 14.2 Å². The van der Waals surface area contributed by atoms with Crippen LogP contribution < -0.4 is 9.47 Å². The minimum atomic E-state index is 0.821. The molecule has 0 spiro atoms. The van der Waals surface area contributed by atoms with Gasteiger partial charge in [-0.05, 0) is 47.7 Å². The number of nitrogens with zero attached hydrogens (tertiary/aromatic N) is 1. The van der Waals surface area contributed by atoms with E-state index in [1.807, 2.05) is 12.1 Å². The Balaban J connectivity index is 1.68. The van der Waals surface area contributed by atoms with Gasteiger partial charge in [0.1, 0.15) is 0 Å². The Morgan fingerprint density at radius 2 is 1.73 bits per heavy atom. The number of rotatable bonds is 5. The number of fused-ring (bicyclic) bond motifs is 1. The molecule has 115 valence electrons. The first-order valence-electron chi connectivity index (χ1n) is 7.71. The van der Waals surface area contributed by atoms with Crippen LogP contribution in [0.25, 0.3) is 0 Å². The molecule has 0 amide bonds. The maximum Gasteiger partial charge on any atom is 0.161 e. The van der Waals surface area contributed by atoms with E-state index in [0.29, 0.717) is 0 Å². The summed E-state index contributed by atoms with van der Waals surface area (Å²) in [6.45, 7) is 3.16. The van der Waals surface area contributed by atoms with E-state index in [4.69, 9.17) is 9.47 Å². The second-order valence-corrected chi connectivity index (χ2v) is 5.66. The second kappa shape index (κ2) is 6.84. The molecular weight excluding hydrogens is 274 g/mol. The number of ether oxygens (including phenoxy) is 2. The summed E-state index contributed by atoms with van der Waals surface area (Å²) in [5.74, 6) is 1.65. The van der Waals surface area contributed by atoms with Gasteiger partial charge in [0.25, 0.3) is 0 Å². The molecule has 1 aliphatic rings. The van der Waals surface area contributed by atoms with Crippen LogP contribution in [0.15, 0.2) is 36.4 Å². The van der Waals surface area contributed by atoms with Gasteiger partial charge in [-0.2, -0.15) is 0 Å². The number of methoxy groups -OCH3 is 2. The molecule has 3 heteroatoms. The van der Waals surface area contributed by atoms with Gasteiger partial charge in [-0.25, -0.2) is 0 Å². The fourth-order valence-corrected chi connectivity index (χ4v) is 3.01. The summed E-state index contributed by atoms with van der Waals surface area (Å²) in [5, 5.41) is 0. The average Bonchev–Trinajstić information content (AvgIpc) is 2.59. The van der Waals surface area contributed by atoms with Gasteiger partial charge in [-0.15, -0.1) is 0 Å². The van der Waals surface area contributed by atoms with Crippen LogP contribution in [-0.2, 0) is 19.4 Å². The summed E-state index contributed by atoms with van der Waals surface area (Å²) in [5.41, 5.74) is 4.10. The van der Waals surface area contributed by atoms with Crippen molar-refractivity contribution in [2.45, 2.75) is 19.4 Å². The Morgan fingerprint density at radius 3 is 2.41 bits per heavy atom. The maximum absolute atomic E-state index is 5.42. The molecule has 0 saturated carbocycles. The zero-order valence-electron chi connectivity index (χ0n) is 13.3. The molecule has 2 aromatic carbocycles. The molecular formula is C19H22NO2. The molecule has 0 unspecified atom stereocenters. The monoisotopic (exact) mass is 296 g/mol.